The number of benzene rings is 2. The Kier molecular flexibility index (Phi) is 7.51. The lowest BCUT2D eigenvalue weighted by Crippen LogP contribution is -2.66. The van der Waals surface area contributed by atoms with Gasteiger partial charge in [-0.25, -0.2) is 9.18 Å². The van der Waals surface area contributed by atoms with Gasteiger partial charge in [0.2, 0.25) is 0 Å². The highest BCUT2D eigenvalue weighted by atomic mass is 28.4. The summed E-state index contributed by atoms with van der Waals surface area (Å²) in [6.07, 6.45) is -1.81. The molecular formula is C26H32FN3O4Si. The predicted octanol–water partition coefficient (Wildman–Crippen LogP) is 3.00. The van der Waals surface area contributed by atoms with Crippen LogP contribution >= 0.6 is 0 Å². The van der Waals surface area contributed by atoms with E-state index in [0.717, 1.165) is 14.9 Å². The summed E-state index contributed by atoms with van der Waals surface area (Å²) in [5.74, 6) is 0.0731. The average Bonchev–Trinajstić information content (AvgIpc) is 2.84. The first-order valence-electron chi connectivity index (χ1n) is 11.7. The number of hydrogen-bond donors (Lipinski definition) is 1. The largest absolute Gasteiger partial charge is 0.407 e. The molecule has 1 fully saturated rings. The molecule has 1 aliphatic rings. The number of nitrogens with zero attached hydrogens (tertiary/aromatic N) is 2. The van der Waals surface area contributed by atoms with Crippen LogP contribution in [0.2, 0.25) is 5.04 Å². The standard InChI is InChI=1S/C26H32FN3O4Si/c1-26(2,3)35(19-10-6-4-7-11-19,20-12-8-5-9-13-20)34-17-15-21-23(27)24(33-18-32-21)30-16-14-22(28)29-25(30)31/h4-14,16,21,23-24H,15,17-18H2,1-3H3,(H2,28,29,31)/t21-,23-,24-/m1/s1. The van der Waals surface area contributed by atoms with Crippen LogP contribution in [0.3, 0.4) is 0 Å². The van der Waals surface area contributed by atoms with Crippen molar-refractivity contribution >= 4 is 24.5 Å². The fourth-order valence-electron chi connectivity index (χ4n) is 4.75. The fraction of sp³-hybridized carbons (Fsp3) is 0.385. The zero-order valence-corrected chi connectivity index (χ0v) is 21.3. The van der Waals surface area contributed by atoms with Crippen molar-refractivity contribution in [1.82, 2.24) is 9.55 Å². The molecule has 9 heteroatoms. The highest BCUT2D eigenvalue weighted by Gasteiger charge is 2.50. The summed E-state index contributed by atoms with van der Waals surface area (Å²) in [5, 5.41) is 2.12. The average molecular weight is 498 g/mol. The highest BCUT2D eigenvalue weighted by molar-refractivity contribution is 6.99. The molecule has 35 heavy (non-hydrogen) atoms. The van der Waals surface area contributed by atoms with Gasteiger partial charge in [0, 0.05) is 12.8 Å². The van der Waals surface area contributed by atoms with Crippen molar-refractivity contribution in [3.63, 3.8) is 0 Å². The zero-order chi connectivity index (χ0) is 25.1. The second-order valence-electron chi connectivity index (χ2n) is 9.67. The van der Waals surface area contributed by atoms with Gasteiger partial charge >= 0.3 is 5.69 Å². The van der Waals surface area contributed by atoms with Crippen molar-refractivity contribution in [2.24, 2.45) is 0 Å². The molecule has 0 radical (unpaired) electrons. The summed E-state index contributed by atoms with van der Waals surface area (Å²) in [6, 6.07) is 22.0. The molecule has 2 aromatic carbocycles. The number of halogens is 1. The summed E-state index contributed by atoms with van der Waals surface area (Å²) in [4.78, 5) is 15.9. The van der Waals surface area contributed by atoms with Crippen LogP contribution in [0.1, 0.15) is 33.4 Å². The monoisotopic (exact) mass is 497 g/mol. The van der Waals surface area contributed by atoms with Crippen molar-refractivity contribution in [2.75, 3.05) is 19.1 Å². The third-order valence-corrected chi connectivity index (χ3v) is 11.5. The van der Waals surface area contributed by atoms with E-state index in [1.165, 1.54) is 12.3 Å². The lowest BCUT2D eigenvalue weighted by Gasteiger charge is -2.43. The second kappa shape index (κ2) is 10.4. The maximum absolute atomic E-state index is 15.5. The number of alkyl halides is 1. The summed E-state index contributed by atoms with van der Waals surface area (Å²) in [7, 11) is -2.74. The molecule has 0 saturated carbocycles. The topological polar surface area (TPSA) is 88.6 Å². The minimum Gasteiger partial charge on any atom is -0.407 e. The van der Waals surface area contributed by atoms with Crippen LogP contribution in [-0.2, 0) is 13.9 Å². The number of nitrogen functional groups attached to an aromatic ring is 1. The van der Waals surface area contributed by atoms with Crippen LogP contribution in [0.15, 0.2) is 77.7 Å². The normalized spacial score (nSPS) is 21.1. The van der Waals surface area contributed by atoms with Crippen LogP contribution < -0.4 is 21.8 Å². The second-order valence-corrected chi connectivity index (χ2v) is 14.0. The lowest BCUT2D eigenvalue weighted by atomic mass is 10.1. The minimum absolute atomic E-state index is 0.0731. The van der Waals surface area contributed by atoms with E-state index in [0.29, 0.717) is 13.0 Å². The Bertz CT molecular complexity index is 1130. The maximum Gasteiger partial charge on any atom is 0.351 e. The van der Waals surface area contributed by atoms with Crippen LogP contribution in [0.4, 0.5) is 10.2 Å². The van der Waals surface area contributed by atoms with Gasteiger partial charge < -0.3 is 19.6 Å². The molecule has 1 saturated heterocycles. The van der Waals surface area contributed by atoms with Crippen molar-refractivity contribution in [2.45, 2.75) is 50.7 Å². The molecule has 1 aromatic heterocycles. The highest BCUT2D eigenvalue weighted by Crippen LogP contribution is 2.37. The van der Waals surface area contributed by atoms with E-state index >= 15 is 4.39 Å². The first kappa shape index (κ1) is 25.2. The first-order valence-corrected chi connectivity index (χ1v) is 13.6. The van der Waals surface area contributed by atoms with E-state index in [4.69, 9.17) is 19.6 Å². The summed E-state index contributed by atoms with van der Waals surface area (Å²) < 4.78 is 34.4. The molecule has 0 bridgehead atoms. The van der Waals surface area contributed by atoms with Crippen LogP contribution in [0, 0.1) is 0 Å². The van der Waals surface area contributed by atoms with Gasteiger partial charge in [0.05, 0.1) is 6.10 Å². The zero-order valence-electron chi connectivity index (χ0n) is 20.3. The van der Waals surface area contributed by atoms with E-state index < -0.39 is 32.5 Å². The molecule has 2 N–H and O–H groups in total. The van der Waals surface area contributed by atoms with Crippen molar-refractivity contribution in [3.8, 4) is 0 Å². The molecule has 3 aromatic rings. The SMILES string of the molecule is CC(C)(C)[Si](OCC[C@H]1OCO[C@@H](n2ccc(N)nc2=O)[C@@H]1F)(c1ccccc1)c1ccccc1. The van der Waals surface area contributed by atoms with E-state index in [-0.39, 0.29) is 17.6 Å². The molecule has 0 amide bonds. The summed E-state index contributed by atoms with van der Waals surface area (Å²) >= 11 is 0. The van der Waals surface area contributed by atoms with Gasteiger partial charge in [-0.15, -0.1) is 0 Å². The predicted molar refractivity (Wildman–Crippen MR) is 136 cm³/mol. The van der Waals surface area contributed by atoms with Gasteiger partial charge in [-0.05, 0) is 27.9 Å². The molecule has 186 valence electrons. The van der Waals surface area contributed by atoms with Crippen molar-refractivity contribution in [3.05, 3.63) is 83.4 Å². The Morgan fingerprint density at radius 1 is 1.06 bits per heavy atom. The maximum atomic E-state index is 15.5. The first-order chi connectivity index (χ1) is 16.7. The van der Waals surface area contributed by atoms with Crippen LogP contribution in [0.5, 0.6) is 0 Å². The van der Waals surface area contributed by atoms with Crippen LogP contribution in [0.25, 0.3) is 0 Å². The molecule has 3 atom stereocenters. The Morgan fingerprint density at radius 2 is 1.66 bits per heavy atom. The number of aromatic nitrogens is 2. The summed E-state index contributed by atoms with van der Waals surface area (Å²) in [6.45, 7) is 6.74. The van der Waals surface area contributed by atoms with Gasteiger partial charge in [0.15, 0.2) is 12.4 Å². The van der Waals surface area contributed by atoms with Gasteiger partial charge in [0.1, 0.15) is 12.6 Å². The quantitative estimate of drug-likeness (QED) is 0.505. The van der Waals surface area contributed by atoms with Gasteiger partial charge in [-0.1, -0.05) is 81.4 Å². The molecule has 0 aliphatic carbocycles. The fourth-order valence-corrected chi connectivity index (χ4v) is 9.33. The number of rotatable bonds is 7. The number of hydrogen-bond acceptors (Lipinski definition) is 6. The molecule has 2 heterocycles. The van der Waals surface area contributed by atoms with Crippen molar-refractivity contribution < 1.29 is 18.3 Å². The van der Waals surface area contributed by atoms with Crippen LogP contribution in [-0.4, -0.2) is 43.5 Å². The van der Waals surface area contributed by atoms with Gasteiger partial charge in [0.25, 0.3) is 8.32 Å². The molecule has 7 nitrogen and oxygen atoms in total. The van der Waals surface area contributed by atoms with E-state index in [1.54, 1.807) is 0 Å². The lowest BCUT2D eigenvalue weighted by molar-refractivity contribution is -0.238. The summed E-state index contributed by atoms with van der Waals surface area (Å²) in [5.41, 5.74) is 4.90. The Balaban J connectivity index is 1.57. The number of nitrogens with two attached hydrogens (primary N) is 1. The third kappa shape index (κ3) is 5.08. The smallest absolute Gasteiger partial charge is 0.351 e. The molecule has 4 rings (SSSR count). The molecule has 0 unspecified atom stereocenters. The number of anilines is 1. The Hall–Kier alpha value is -2.85. The van der Waals surface area contributed by atoms with Crippen molar-refractivity contribution in [1.29, 1.82) is 0 Å². The third-order valence-electron chi connectivity index (χ3n) is 6.41. The van der Waals surface area contributed by atoms with E-state index in [1.807, 2.05) is 36.4 Å². The Labute approximate surface area is 205 Å². The van der Waals surface area contributed by atoms with Gasteiger partial charge in [-0.3, -0.25) is 4.57 Å². The Morgan fingerprint density at radius 3 is 2.20 bits per heavy atom. The molecule has 1 aliphatic heterocycles. The molecule has 0 spiro atoms. The van der Waals surface area contributed by atoms with E-state index in [9.17, 15) is 4.79 Å². The number of ether oxygens (including phenoxy) is 2. The molecular weight excluding hydrogens is 465 g/mol. The van der Waals surface area contributed by atoms with E-state index in [2.05, 4.69) is 50.0 Å². The van der Waals surface area contributed by atoms with Gasteiger partial charge in [-0.2, -0.15) is 4.98 Å². The minimum atomic E-state index is -2.74.